The number of hydrogen-bond acceptors (Lipinski definition) is 8. The summed E-state index contributed by atoms with van der Waals surface area (Å²) in [5.74, 6) is 4.33. The van der Waals surface area contributed by atoms with E-state index >= 15 is 0 Å². The maximum atomic E-state index is 13.3. The monoisotopic (exact) mass is 477 g/mol. The van der Waals surface area contributed by atoms with Gasteiger partial charge in [-0.25, -0.2) is 20.9 Å². The van der Waals surface area contributed by atoms with Gasteiger partial charge in [0.15, 0.2) is 17.2 Å². The van der Waals surface area contributed by atoms with Crippen molar-refractivity contribution in [2.24, 2.45) is 22.6 Å². The van der Waals surface area contributed by atoms with Crippen LogP contribution in [0, 0.1) is 5.92 Å². The lowest BCUT2D eigenvalue weighted by Crippen LogP contribution is -2.26. The first-order chi connectivity index (χ1) is 16.1. The van der Waals surface area contributed by atoms with E-state index < -0.39 is 12.0 Å². The second kappa shape index (κ2) is 8.70. The molecular formula is C20H22F3N9O2. The number of H-pyrrole nitrogens is 1. The molecule has 1 amide bonds. The van der Waals surface area contributed by atoms with Crippen LogP contribution in [0.3, 0.4) is 0 Å². The lowest BCUT2D eigenvalue weighted by atomic mass is 10.1. The minimum atomic E-state index is -4.72. The zero-order valence-corrected chi connectivity index (χ0v) is 18.2. The number of carbonyl (C=O) groups is 1. The highest BCUT2D eigenvalue weighted by atomic mass is 19.4. The summed E-state index contributed by atoms with van der Waals surface area (Å²) in [6.45, 7) is 0. The highest BCUT2D eigenvalue weighted by molar-refractivity contribution is 6.02. The molecule has 1 saturated carbocycles. The lowest BCUT2D eigenvalue weighted by Gasteiger charge is -2.16. The second-order valence-corrected chi connectivity index (χ2v) is 7.67. The fraction of sp³-hybridized carbons (Fsp3) is 0.300. The van der Waals surface area contributed by atoms with Crippen LogP contribution in [0.15, 0.2) is 29.4 Å². The van der Waals surface area contributed by atoms with Gasteiger partial charge >= 0.3 is 6.18 Å². The van der Waals surface area contributed by atoms with Crippen LogP contribution < -0.4 is 26.9 Å². The van der Waals surface area contributed by atoms with E-state index in [2.05, 4.69) is 30.7 Å². The molecule has 0 spiro atoms. The van der Waals surface area contributed by atoms with Gasteiger partial charge in [0.2, 0.25) is 11.7 Å². The van der Waals surface area contributed by atoms with Crippen molar-refractivity contribution >= 4 is 40.1 Å². The number of imidazole rings is 1. The standard InChI is InChI=1S/C20H22F3N9O2/c1-32(25)31-16(24)10-4-3-5-11(15(10)34-2)26-12-8-13(28-18(33)9-6-7-9)27-17-14(12)29-19(30-17)20(21,22)23/h3-5,8-9H,6-7,25H2,1-2H3,(H2,24,31)(H3,26,27,28,29,30,33). The lowest BCUT2D eigenvalue weighted by molar-refractivity contribution is -0.144. The van der Waals surface area contributed by atoms with E-state index in [4.69, 9.17) is 16.3 Å². The Morgan fingerprint density at radius 2 is 2.03 bits per heavy atom. The normalized spacial score (nSPS) is 14.2. The summed E-state index contributed by atoms with van der Waals surface area (Å²) < 4.78 is 45.4. The summed E-state index contributed by atoms with van der Waals surface area (Å²) in [7, 11) is 2.90. The van der Waals surface area contributed by atoms with Crippen molar-refractivity contribution in [3.8, 4) is 5.75 Å². The molecule has 0 atom stereocenters. The summed E-state index contributed by atoms with van der Waals surface area (Å²) in [6, 6.07) is 6.35. The Bertz CT molecular complexity index is 1270. The third-order valence-electron chi connectivity index (χ3n) is 4.96. The number of carbonyl (C=O) groups excluding carboxylic acids is 1. The number of hydrazine groups is 1. The van der Waals surface area contributed by atoms with Crippen LogP contribution in [0.4, 0.5) is 30.4 Å². The summed E-state index contributed by atoms with van der Waals surface area (Å²) >= 11 is 0. The van der Waals surface area contributed by atoms with E-state index in [1.807, 2.05) is 0 Å². The molecular weight excluding hydrogens is 455 g/mol. The third-order valence-corrected chi connectivity index (χ3v) is 4.96. The Morgan fingerprint density at radius 1 is 1.29 bits per heavy atom. The molecule has 180 valence electrons. The van der Waals surface area contributed by atoms with Crippen molar-refractivity contribution in [1.29, 1.82) is 0 Å². The number of ether oxygens (including phenoxy) is 1. The molecule has 11 nitrogen and oxygen atoms in total. The van der Waals surface area contributed by atoms with Gasteiger partial charge in [0.05, 0.1) is 24.0 Å². The number of anilines is 3. The molecule has 0 unspecified atom stereocenters. The number of amides is 1. The molecule has 14 heteroatoms. The smallest absolute Gasteiger partial charge is 0.449 e. The number of hydrazone groups is 1. The van der Waals surface area contributed by atoms with E-state index in [-0.39, 0.29) is 46.1 Å². The van der Waals surface area contributed by atoms with Crippen LogP contribution in [0.2, 0.25) is 0 Å². The molecule has 2 aromatic heterocycles. The Balaban J connectivity index is 1.80. The SMILES string of the molecule is COc1c(Nc2cc(NC(=O)C3CC3)nc3nc(C(F)(F)F)[nH]c23)cccc1/C(N)=N/N(C)N. The number of nitrogens with two attached hydrogens (primary N) is 2. The van der Waals surface area contributed by atoms with E-state index in [1.165, 1.54) is 20.2 Å². The number of pyridine rings is 1. The molecule has 1 aliphatic carbocycles. The maximum absolute atomic E-state index is 13.3. The number of methoxy groups -OCH3 is 1. The predicted octanol–water partition coefficient (Wildman–Crippen LogP) is 2.50. The Kier molecular flexibility index (Phi) is 5.91. The third kappa shape index (κ3) is 4.80. The number of nitrogens with zero attached hydrogens (tertiary/aromatic N) is 4. The molecule has 3 aromatic rings. The number of para-hydroxylation sites is 1. The van der Waals surface area contributed by atoms with Crippen molar-refractivity contribution in [3.05, 3.63) is 35.7 Å². The number of nitrogens with one attached hydrogen (secondary N) is 3. The first-order valence-electron chi connectivity index (χ1n) is 10.1. The Morgan fingerprint density at radius 3 is 2.65 bits per heavy atom. The summed E-state index contributed by atoms with van der Waals surface area (Å²) in [5, 5.41) is 10.6. The van der Waals surface area contributed by atoms with Crippen LogP contribution in [-0.2, 0) is 11.0 Å². The molecule has 2 heterocycles. The molecule has 0 radical (unpaired) electrons. The van der Waals surface area contributed by atoms with Crippen LogP contribution in [0.25, 0.3) is 11.2 Å². The van der Waals surface area contributed by atoms with E-state index in [9.17, 15) is 18.0 Å². The van der Waals surface area contributed by atoms with Crippen LogP contribution >= 0.6 is 0 Å². The predicted molar refractivity (Wildman–Crippen MR) is 119 cm³/mol. The van der Waals surface area contributed by atoms with Gasteiger partial charge in [-0.2, -0.15) is 13.2 Å². The number of amidine groups is 1. The van der Waals surface area contributed by atoms with Crippen molar-refractivity contribution < 1.29 is 22.7 Å². The van der Waals surface area contributed by atoms with Gasteiger partial charge in [-0.1, -0.05) is 6.07 Å². The number of rotatable bonds is 7. The molecule has 4 rings (SSSR count). The molecule has 34 heavy (non-hydrogen) atoms. The number of fused-ring (bicyclic) bond motifs is 1. The number of halogens is 3. The van der Waals surface area contributed by atoms with Crippen molar-refractivity contribution in [2.45, 2.75) is 19.0 Å². The number of alkyl halides is 3. The quantitative estimate of drug-likeness (QED) is 0.150. The van der Waals surface area contributed by atoms with E-state index in [1.54, 1.807) is 18.2 Å². The van der Waals surface area contributed by atoms with Gasteiger partial charge in [-0.05, 0) is 25.0 Å². The van der Waals surface area contributed by atoms with Gasteiger partial charge in [0.25, 0.3) is 0 Å². The maximum Gasteiger partial charge on any atom is 0.449 e. The minimum absolute atomic E-state index is 0.00691. The molecule has 0 bridgehead atoms. The summed E-state index contributed by atoms with van der Waals surface area (Å²) in [5.41, 5.74) is 6.74. The average molecular weight is 477 g/mol. The fourth-order valence-electron chi connectivity index (χ4n) is 3.28. The van der Waals surface area contributed by atoms with Crippen LogP contribution in [-0.4, -0.2) is 46.0 Å². The van der Waals surface area contributed by atoms with Crippen LogP contribution in [0.1, 0.15) is 24.2 Å². The Labute approximate surface area is 191 Å². The average Bonchev–Trinajstić information content (AvgIpc) is 3.51. The van der Waals surface area contributed by atoms with Crippen LogP contribution in [0.5, 0.6) is 5.75 Å². The highest BCUT2D eigenvalue weighted by Crippen LogP contribution is 2.37. The molecule has 0 aliphatic heterocycles. The van der Waals surface area contributed by atoms with Gasteiger partial charge in [-0.3, -0.25) is 4.79 Å². The first-order valence-corrected chi connectivity index (χ1v) is 10.1. The van der Waals surface area contributed by atoms with Gasteiger partial charge in [-0.15, -0.1) is 5.10 Å². The van der Waals surface area contributed by atoms with Gasteiger partial charge < -0.3 is 26.1 Å². The molecule has 1 aliphatic rings. The largest absolute Gasteiger partial charge is 0.494 e. The van der Waals surface area contributed by atoms with Crippen molar-refractivity contribution in [2.75, 3.05) is 24.8 Å². The minimum Gasteiger partial charge on any atom is -0.494 e. The van der Waals surface area contributed by atoms with Crippen molar-refractivity contribution in [1.82, 2.24) is 20.1 Å². The number of aromatic amines is 1. The van der Waals surface area contributed by atoms with Crippen molar-refractivity contribution in [3.63, 3.8) is 0 Å². The molecule has 1 aromatic carbocycles. The highest BCUT2D eigenvalue weighted by Gasteiger charge is 2.36. The number of aromatic nitrogens is 3. The zero-order valence-electron chi connectivity index (χ0n) is 18.2. The van der Waals surface area contributed by atoms with Gasteiger partial charge in [0, 0.05) is 19.0 Å². The first kappa shape index (κ1) is 23.1. The van der Waals surface area contributed by atoms with Gasteiger partial charge in [0.1, 0.15) is 11.3 Å². The number of hydrogen-bond donors (Lipinski definition) is 5. The van der Waals surface area contributed by atoms with E-state index in [0.29, 0.717) is 11.3 Å². The Hall–Kier alpha value is -4.07. The van der Waals surface area contributed by atoms with E-state index in [0.717, 1.165) is 18.0 Å². The topological polar surface area (TPSA) is 160 Å². The molecule has 1 fully saturated rings. The fourth-order valence-corrected chi connectivity index (χ4v) is 3.28. The molecule has 7 N–H and O–H groups in total. The summed E-state index contributed by atoms with van der Waals surface area (Å²) in [4.78, 5) is 22.1. The number of benzene rings is 1. The zero-order chi connectivity index (χ0) is 24.6. The summed E-state index contributed by atoms with van der Waals surface area (Å²) in [6.07, 6.45) is -3.21. The second-order valence-electron chi connectivity index (χ2n) is 7.67. The molecule has 0 saturated heterocycles.